The Hall–Kier alpha value is -1.82. The van der Waals surface area contributed by atoms with Gasteiger partial charge in [-0.15, -0.1) is 0 Å². The van der Waals surface area contributed by atoms with E-state index in [9.17, 15) is 0 Å². The zero-order valence-corrected chi connectivity index (χ0v) is 13.5. The van der Waals surface area contributed by atoms with Gasteiger partial charge >= 0.3 is 0 Å². The van der Waals surface area contributed by atoms with Gasteiger partial charge in [0.15, 0.2) is 0 Å². The average Bonchev–Trinajstić information content (AvgIpc) is 2.62. The molecule has 0 heterocycles. The van der Waals surface area contributed by atoms with Gasteiger partial charge in [-0.1, -0.05) is 82.5 Å². The molecule has 0 atom stereocenters. The summed E-state index contributed by atoms with van der Waals surface area (Å²) in [6.45, 7) is 20.0. The van der Waals surface area contributed by atoms with Gasteiger partial charge in [0, 0.05) is 0 Å². The number of hydrogen-bond acceptors (Lipinski definition) is 0. The Kier molecular flexibility index (Phi) is 9.11. The molecule has 0 nitrogen and oxygen atoms in total. The standard InChI is InChI=1S/C18H22.C2H6/c1-6-10-11-18-15(7-2)13-12-14(5)16(8-3)17(18)9-4;1-2/h6,8-12H,1,3-4,7,13H2,2,5H3;1-2H3/b11-10-;. The molecule has 0 heteroatoms. The maximum absolute atomic E-state index is 3.96. The first kappa shape index (κ1) is 18.2. The first-order chi connectivity index (χ1) is 9.69. The summed E-state index contributed by atoms with van der Waals surface area (Å²) >= 11 is 0. The van der Waals surface area contributed by atoms with Gasteiger partial charge in [-0.3, -0.25) is 0 Å². The lowest BCUT2D eigenvalue weighted by molar-refractivity contribution is 1.01. The van der Waals surface area contributed by atoms with Crippen LogP contribution in [-0.2, 0) is 0 Å². The molecule has 0 bridgehead atoms. The van der Waals surface area contributed by atoms with Crippen LogP contribution in [0.25, 0.3) is 0 Å². The van der Waals surface area contributed by atoms with Crippen LogP contribution in [0.2, 0.25) is 0 Å². The summed E-state index contributed by atoms with van der Waals surface area (Å²) in [6, 6.07) is 0. The Morgan fingerprint density at radius 1 is 1.05 bits per heavy atom. The third kappa shape index (κ3) is 4.38. The molecule has 0 N–H and O–H groups in total. The van der Waals surface area contributed by atoms with Crippen molar-refractivity contribution in [2.24, 2.45) is 0 Å². The van der Waals surface area contributed by atoms with Crippen molar-refractivity contribution in [2.45, 2.75) is 40.5 Å². The highest BCUT2D eigenvalue weighted by atomic mass is 14.2. The van der Waals surface area contributed by atoms with Crippen LogP contribution in [0.4, 0.5) is 0 Å². The van der Waals surface area contributed by atoms with Gasteiger partial charge in [-0.2, -0.15) is 0 Å². The SMILES string of the molecule is C=C/C=C\C1=C(CC)CC=C(C)C(C=C)=C1C=C.CC. The first-order valence-corrected chi connectivity index (χ1v) is 7.37. The quantitative estimate of drug-likeness (QED) is 0.500. The number of hydrogen-bond donors (Lipinski definition) is 0. The molecule has 0 aromatic carbocycles. The third-order valence-corrected chi connectivity index (χ3v) is 3.27. The highest BCUT2D eigenvalue weighted by Gasteiger charge is 2.13. The minimum atomic E-state index is 0.994. The molecule has 0 aliphatic heterocycles. The van der Waals surface area contributed by atoms with Crippen LogP contribution < -0.4 is 0 Å². The van der Waals surface area contributed by atoms with E-state index in [4.69, 9.17) is 0 Å². The monoisotopic (exact) mass is 268 g/mol. The predicted octanol–water partition coefficient (Wildman–Crippen LogP) is 6.48. The summed E-state index contributed by atoms with van der Waals surface area (Å²) in [4.78, 5) is 0. The second-order valence-corrected chi connectivity index (χ2v) is 4.29. The van der Waals surface area contributed by atoms with Crippen LogP contribution in [0.15, 0.2) is 84.1 Å². The van der Waals surface area contributed by atoms with Gasteiger partial charge in [-0.25, -0.2) is 0 Å². The van der Waals surface area contributed by atoms with Gasteiger partial charge < -0.3 is 0 Å². The molecule has 1 aliphatic rings. The zero-order chi connectivity index (χ0) is 15.5. The molecule has 0 saturated carbocycles. The third-order valence-electron chi connectivity index (χ3n) is 3.27. The minimum Gasteiger partial charge on any atom is -0.0991 e. The van der Waals surface area contributed by atoms with Gasteiger partial charge in [0.2, 0.25) is 0 Å². The topological polar surface area (TPSA) is 0 Å². The van der Waals surface area contributed by atoms with Crippen molar-refractivity contribution < 1.29 is 0 Å². The van der Waals surface area contributed by atoms with E-state index in [1.807, 2.05) is 32.1 Å². The second kappa shape index (κ2) is 10.0. The van der Waals surface area contributed by atoms with E-state index in [1.165, 1.54) is 27.9 Å². The normalized spacial score (nSPS) is 15.3. The highest BCUT2D eigenvalue weighted by Crippen LogP contribution is 2.32. The van der Waals surface area contributed by atoms with Crippen LogP contribution >= 0.6 is 0 Å². The van der Waals surface area contributed by atoms with Crippen molar-refractivity contribution in [1.29, 1.82) is 0 Å². The summed E-state index contributed by atoms with van der Waals surface area (Å²) in [7, 11) is 0. The molecule has 0 radical (unpaired) electrons. The molecule has 0 aromatic heterocycles. The van der Waals surface area contributed by atoms with Crippen LogP contribution in [0.5, 0.6) is 0 Å². The molecule has 0 unspecified atom stereocenters. The second-order valence-electron chi connectivity index (χ2n) is 4.29. The van der Waals surface area contributed by atoms with E-state index in [0.29, 0.717) is 0 Å². The molecule has 0 saturated heterocycles. The van der Waals surface area contributed by atoms with E-state index in [0.717, 1.165) is 12.8 Å². The lowest BCUT2D eigenvalue weighted by Gasteiger charge is -2.11. The predicted molar refractivity (Wildman–Crippen MR) is 93.8 cm³/mol. The summed E-state index contributed by atoms with van der Waals surface area (Å²) < 4.78 is 0. The fraction of sp³-hybridized carbons (Fsp3) is 0.300. The Bertz CT molecular complexity index is 476. The van der Waals surface area contributed by atoms with Gasteiger partial charge in [0.25, 0.3) is 0 Å². The summed E-state index contributed by atoms with van der Waals surface area (Å²) in [5.74, 6) is 0. The Morgan fingerprint density at radius 2 is 1.65 bits per heavy atom. The lowest BCUT2D eigenvalue weighted by atomic mass is 9.93. The highest BCUT2D eigenvalue weighted by molar-refractivity contribution is 5.60. The molecular formula is C20H28. The van der Waals surface area contributed by atoms with E-state index in [2.05, 4.69) is 45.7 Å². The molecule has 108 valence electrons. The maximum Gasteiger partial charge on any atom is -0.0115 e. The Balaban J connectivity index is 0.00000172. The summed E-state index contributed by atoms with van der Waals surface area (Å²) in [5, 5.41) is 0. The van der Waals surface area contributed by atoms with Crippen molar-refractivity contribution in [1.82, 2.24) is 0 Å². The Morgan fingerprint density at radius 3 is 2.10 bits per heavy atom. The molecule has 1 aliphatic carbocycles. The smallest absolute Gasteiger partial charge is 0.0115 e. The van der Waals surface area contributed by atoms with Gasteiger partial charge in [0.1, 0.15) is 0 Å². The fourth-order valence-electron chi connectivity index (χ4n) is 2.24. The number of allylic oxidation sites excluding steroid dienone is 11. The Labute approximate surface area is 125 Å². The van der Waals surface area contributed by atoms with Crippen molar-refractivity contribution in [2.75, 3.05) is 0 Å². The fourth-order valence-corrected chi connectivity index (χ4v) is 2.24. The largest absolute Gasteiger partial charge is 0.0991 e. The molecular weight excluding hydrogens is 240 g/mol. The zero-order valence-electron chi connectivity index (χ0n) is 13.5. The van der Waals surface area contributed by atoms with Crippen LogP contribution in [0, 0.1) is 0 Å². The summed E-state index contributed by atoms with van der Waals surface area (Å²) in [5.41, 5.74) is 6.31. The van der Waals surface area contributed by atoms with E-state index in [-0.39, 0.29) is 0 Å². The maximum atomic E-state index is 3.96. The molecule has 20 heavy (non-hydrogen) atoms. The van der Waals surface area contributed by atoms with Crippen LogP contribution in [0.3, 0.4) is 0 Å². The van der Waals surface area contributed by atoms with Crippen LogP contribution in [0.1, 0.15) is 40.5 Å². The molecule has 0 spiro atoms. The van der Waals surface area contributed by atoms with Gasteiger partial charge in [0.05, 0.1) is 0 Å². The van der Waals surface area contributed by atoms with E-state index >= 15 is 0 Å². The van der Waals surface area contributed by atoms with E-state index < -0.39 is 0 Å². The average molecular weight is 268 g/mol. The van der Waals surface area contributed by atoms with Crippen molar-refractivity contribution in [3.63, 3.8) is 0 Å². The molecule has 0 aromatic rings. The van der Waals surface area contributed by atoms with E-state index in [1.54, 1.807) is 6.08 Å². The first-order valence-electron chi connectivity index (χ1n) is 7.37. The minimum absolute atomic E-state index is 0.994. The number of rotatable bonds is 5. The van der Waals surface area contributed by atoms with Crippen molar-refractivity contribution >= 4 is 0 Å². The lowest BCUT2D eigenvalue weighted by Crippen LogP contribution is -1.93. The van der Waals surface area contributed by atoms with Crippen LogP contribution in [-0.4, -0.2) is 0 Å². The van der Waals surface area contributed by atoms with Crippen molar-refractivity contribution in [3.8, 4) is 0 Å². The molecule has 0 fully saturated rings. The summed E-state index contributed by atoms with van der Waals surface area (Å²) in [6.07, 6.45) is 14.1. The van der Waals surface area contributed by atoms with Gasteiger partial charge in [-0.05, 0) is 42.1 Å². The molecule has 1 rings (SSSR count). The van der Waals surface area contributed by atoms with Crippen molar-refractivity contribution in [3.05, 3.63) is 84.1 Å². The molecule has 0 amide bonds.